The zero-order chi connectivity index (χ0) is 11.7. The molecule has 0 bridgehead atoms. The zero-order valence-corrected chi connectivity index (χ0v) is 10.7. The summed E-state index contributed by atoms with van der Waals surface area (Å²) < 4.78 is 0. The molecule has 1 saturated carbocycles. The largest absolute Gasteiger partial charge is 0.370 e. The number of rotatable bonds is 5. The van der Waals surface area contributed by atoms with Crippen LogP contribution in [-0.2, 0) is 6.54 Å². The first kappa shape index (κ1) is 11.1. The minimum Gasteiger partial charge on any atom is -0.370 e. The molecule has 2 heteroatoms. The second kappa shape index (κ2) is 4.34. The number of hydrogen-bond acceptors (Lipinski definition) is 2. The number of benzene rings is 1. The van der Waals surface area contributed by atoms with Gasteiger partial charge in [-0.3, -0.25) is 0 Å². The van der Waals surface area contributed by atoms with E-state index in [1.165, 1.54) is 43.6 Å². The second-order valence-corrected chi connectivity index (χ2v) is 5.70. The van der Waals surface area contributed by atoms with Crippen molar-refractivity contribution < 1.29 is 0 Å². The fourth-order valence-electron chi connectivity index (χ4n) is 2.71. The smallest absolute Gasteiger partial charge is 0.0369 e. The topological polar surface area (TPSA) is 15.3 Å². The number of anilines is 1. The average Bonchev–Trinajstić information content (AvgIpc) is 3.08. The van der Waals surface area contributed by atoms with E-state index in [0.717, 1.165) is 18.5 Å². The summed E-state index contributed by atoms with van der Waals surface area (Å²) in [5, 5.41) is 3.46. The number of nitrogens with one attached hydrogen (secondary N) is 1. The van der Waals surface area contributed by atoms with E-state index in [4.69, 9.17) is 0 Å². The first-order valence-electron chi connectivity index (χ1n) is 6.86. The van der Waals surface area contributed by atoms with Gasteiger partial charge in [0.05, 0.1) is 0 Å². The van der Waals surface area contributed by atoms with Crippen LogP contribution >= 0.6 is 0 Å². The lowest BCUT2D eigenvalue weighted by molar-refractivity contribution is 0.387. The standard InChI is InChI=1S/C15H22N2/c1-2-8-16-10-13-4-3-5-14(9-13)17-11-15(12-17)6-7-15/h3-5,9,16H,2,6-8,10-12H2,1H3. The monoisotopic (exact) mass is 230 g/mol. The zero-order valence-electron chi connectivity index (χ0n) is 10.7. The lowest BCUT2D eigenvalue weighted by Gasteiger charge is -2.42. The highest BCUT2D eigenvalue weighted by atomic mass is 15.2. The fourth-order valence-corrected chi connectivity index (χ4v) is 2.71. The molecular weight excluding hydrogens is 208 g/mol. The lowest BCUT2D eigenvalue weighted by Crippen LogP contribution is -2.48. The maximum Gasteiger partial charge on any atom is 0.0369 e. The highest BCUT2D eigenvalue weighted by Crippen LogP contribution is 2.53. The van der Waals surface area contributed by atoms with Crippen molar-refractivity contribution in [1.82, 2.24) is 5.32 Å². The van der Waals surface area contributed by atoms with Crippen molar-refractivity contribution in [3.8, 4) is 0 Å². The van der Waals surface area contributed by atoms with Crippen LogP contribution < -0.4 is 10.2 Å². The van der Waals surface area contributed by atoms with Gasteiger partial charge in [0.25, 0.3) is 0 Å². The first-order chi connectivity index (χ1) is 8.31. The summed E-state index contributed by atoms with van der Waals surface area (Å²) in [7, 11) is 0. The van der Waals surface area contributed by atoms with Crippen LogP contribution in [-0.4, -0.2) is 19.6 Å². The van der Waals surface area contributed by atoms with Gasteiger partial charge < -0.3 is 10.2 Å². The van der Waals surface area contributed by atoms with Gasteiger partial charge in [-0.2, -0.15) is 0 Å². The highest BCUT2D eigenvalue weighted by Gasteiger charge is 2.52. The van der Waals surface area contributed by atoms with Crippen molar-refractivity contribution in [2.75, 3.05) is 24.5 Å². The molecule has 1 spiro atoms. The number of nitrogens with zero attached hydrogens (tertiary/aromatic N) is 1. The van der Waals surface area contributed by atoms with E-state index < -0.39 is 0 Å². The van der Waals surface area contributed by atoms with E-state index in [9.17, 15) is 0 Å². The molecule has 1 aliphatic carbocycles. The quantitative estimate of drug-likeness (QED) is 0.782. The highest BCUT2D eigenvalue weighted by molar-refractivity contribution is 5.52. The van der Waals surface area contributed by atoms with Crippen LogP contribution in [0.25, 0.3) is 0 Å². The molecule has 3 rings (SSSR count). The second-order valence-electron chi connectivity index (χ2n) is 5.70. The molecule has 1 aliphatic heterocycles. The van der Waals surface area contributed by atoms with Crippen LogP contribution in [0.5, 0.6) is 0 Å². The van der Waals surface area contributed by atoms with Crippen LogP contribution in [0.1, 0.15) is 31.7 Å². The Hall–Kier alpha value is -1.02. The third-order valence-electron chi connectivity index (χ3n) is 4.04. The van der Waals surface area contributed by atoms with E-state index >= 15 is 0 Å². The molecule has 17 heavy (non-hydrogen) atoms. The molecule has 0 radical (unpaired) electrons. The summed E-state index contributed by atoms with van der Waals surface area (Å²) in [4.78, 5) is 2.52. The van der Waals surface area contributed by atoms with E-state index in [-0.39, 0.29) is 0 Å². The van der Waals surface area contributed by atoms with Crippen molar-refractivity contribution in [2.24, 2.45) is 5.41 Å². The van der Waals surface area contributed by atoms with E-state index in [1.807, 2.05) is 0 Å². The molecule has 2 fully saturated rings. The van der Waals surface area contributed by atoms with Crippen molar-refractivity contribution in [2.45, 2.75) is 32.7 Å². The molecule has 0 amide bonds. The van der Waals surface area contributed by atoms with Gasteiger partial charge >= 0.3 is 0 Å². The summed E-state index contributed by atoms with van der Waals surface area (Å²) in [5.74, 6) is 0. The normalized spacial score (nSPS) is 20.4. The molecule has 92 valence electrons. The third-order valence-corrected chi connectivity index (χ3v) is 4.04. The Kier molecular flexibility index (Phi) is 2.83. The van der Waals surface area contributed by atoms with E-state index in [1.54, 1.807) is 0 Å². The molecule has 0 atom stereocenters. The molecule has 2 aliphatic rings. The fraction of sp³-hybridized carbons (Fsp3) is 0.600. The van der Waals surface area contributed by atoms with Crippen LogP contribution in [0.4, 0.5) is 5.69 Å². The Bertz CT molecular complexity index is 388. The molecule has 0 aromatic heterocycles. The third kappa shape index (κ3) is 2.32. The van der Waals surface area contributed by atoms with E-state index in [0.29, 0.717) is 0 Å². The molecule has 0 unspecified atom stereocenters. The Morgan fingerprint density at radius 2 is 2.12 bits per heavy atom. The van der Waals surface area contributed by atoms with Crippen LogP contribution in [0.2, 0.25) is 0 Å². The van der Waals surface area contributed by atoms with E-state index in [2.05, 4.69) is 41.4 Å². The summed E-state index contributed by atoms with van der Waals surface area (Å²) in [6.45, 7) is 6.90. The SMILES string of the molecule is CCCNCc1cccc(N2CC3(CC3)C2)c1. The number of hydrogen-bond donors (Lipinski definition) is 1. The van der Waals surface area contributed by atoms with Crippen molar-refractivity contribution >= 4 is 5.69 Å². The lowest BCUT2D eigenvalue weighted by atomic mass is 9.96. The average molecular weight is 230 g/mol. The minimum absolute atomic E-state index is 0.746. The molecular formula is C15H22N2. The summed E-state index contributed by atoms with van der Waals surface area (Å²) in [5.41, 5.74) is 3.57. The summed E-state index contributed by atoms with van der Waals surface area (Å²) in [6, 6.07) is 9.01. The predicted molar refractivity (Wildman–Crippen MR) is 72.3 cm³/mol. The molecule has 2 nitrogen and oxygen atoms in total. The van der Waals surface area contributed by atoms with Gasteiger partial charge in [-0.1, -0.05) is 19.1 Å². The van der Waals surface area contributed by atoms with Gasteiger partial charge in [-0.15, -0.1) is 0 Å². The Balaban J connectivity index is 1.59. The van der Waals surface area contributed by atoms with Gasteiger partial charge in [-0.05, 0) is 43.5 Å². The van der Waals surface area contributed by atoms with Crippen LogP contribution in [0.3, 0.4) is 0 Å². The van der Waals surface area contributed by atoms with Gasteiger partial charge in [0.2, 0.25) is 0 Å². The van der Waals surface area contributed by atoms with Gasteiger partial charge in [0, 0.05) is 30.7 Å². The molecule has 1 aromatic carbocycles. The molecule has 1 saturated heterocycles. The van der Waals surface area contributed by atoms with Crippen LogP contribution in [0.15, 0.2) is 24.3 Å². The van der Waals surface area contributed by atoms with Crippen molar-refractivity contribution in [3.63, 3.8) is 0 Å². The molecule has 1 heterocycles. The van der Waals surface area contributed by atoms with Gasteiger partial charge in [-0.25, -0.2) is 0 Å². The van der Waals surface area contributed by atoms with Crippen LogP contribution in [0, 0.1) is 5.41 Å². The van der Waals surface area contributed by atoms with Crippen molar-refractivity contribution in [1.29, 1.82) is 0 Å². The maximum absolute atomic E-state index is 3.46. The Labute approximate surface area is 104 Å². The molecule has 1 N–H and O–H groups in total. The molecule has 1 aromatic rings. The summed E-state index contributed by atoms with van der Waals surface area (Å²) in [6.07, 6.45) is 4.12. The Morgan fingerprint density at radius 1 is 1.29 bits per heavy atom. The van der Waals surface area contributed by atoms with Gasteiger partial charge in [0.1, 0.15) is 0 Å². The minimum atomic E-state index is 0.746. The predicted octanol–water partition coefficient (Wildman–Crippen LogP) is 2.79. The Morgan fingerprint density at radius 3 is 2.82 bits per heavy atom. The maximum atomic E-state index is 3.46. The van der Waals surface area contributed by atoms with Gasteiger partial charge in [0.15, 0.2) is 0 Å². The first-order valence-corrected chi connectivity index (χ1v) is 6.86. The van der Waals surface area contributed by atoms with Crippen molar-refractivity contribution in [3.05, 3.63) is 29.8 Å². The summed E-state index contributed by atoms with van der Waals surface area (Å²) >= 11 is 0.